The van der Waals surface area contributed by atoms with E-state index in [0.29, 0.717) is 0 Å². The van der Waals surface area contributed by atoms with Gasteiger partial charge in [0.25, 0.3) is 5.75 Å². The van der Waals surface area contributed by atoms with Crippen LogP contribution >= 0.6 is 0 Å². The van der Waals surface area contributed by atoms with Gasteiger partial charge in [0, 0.05) is 6.42 Å². The number of hydrogen-bond donors (Lipinski definition) is 3. The molecule has 154 valence electrons. The SMILES string of the molecule is CCCCCCC=COc1c(O)c2cccc(OCCC(O)CO)c2oc1=O. The quantitative estimate of drug-likeness (QED) is 0.288. The molecule has 1 unspecified atom stereocenters. The van der Waals surface area contributed by atoms with E-state index in [9.17, 15) is 15.0 Å². The van der Waals surface area contributed by atoms with Gasteiger partial charge in [-0.2, -0.15) is 0 Å². The van der Waals surface area contributed by atoms with Gasteiger partial charge < -0.3 is 29.2 Å². The smallest absolute Gasteiger partial charge is 0.383 e. The van der Waals surface area contributed by atoms with Crippen molar-refractivity contribution < 1.29 is 29.2 Å². The first-order chi connectivity index (χ1) is 13.6. The summed E-state index contributed by atoms with van der Waals surface area (Å²) in [5.74, 6) is -0.332. The van der Waals surface area contributed by atoms with Gasteiger partial charge in [0.05, 0.1) is 31.0 Å². The highest BCUT2D eigenvalue weighted by Gasteiger charge is 2.18. The highest BCUT2D eigenvalue weighted by molar-refractivity contribution is 5.89. The van der Waals surface area contributed by atoms with Crippen molar-refractivity contribution in [3.8, 4) is 17.2 Å². The van der Waals surface area contributed by atoms with Crippen molar-refractivity contribution in [3.63, 3.8) is 0 Å². The average Bonchev–Trinajstić information content (AvgIpc) is 2.69. The van der Waals surface area contributed by atoms with Crippen LogP contribution in [-0.2, 0) is 0 Å². The van der Waals surface area contributed by atoms with Gasteiger partial charge in [-0.25, -0.2) is 4.79 Å². The van der Waals surface area contributed by atoms with E-state index >= 15 is 0 Å². The molecule has 7 heteroatoms. The number of aliphatic hydroxyl groups excluding tert-OH is 2. The number of para-hydroxylation sites is 1. The lowest BCUT2D eigenvalue weighted by molar-refractivity contribution is 0.0754. The van der Waals surface area contributed by atoms with Crippen LogP contribution in [0.3, 0.4) is 0 Å². The average molecular weight is 392 g/mol. The largest absolute Gasteiger partial charge is 0.504 e. The molecular formula is C21H28O7. The van der Waals surface area contributed by atoms with E-state index < -0.39 is 11.7 Å². The van der Waals surface area contributed by atoms with Gasteiger partial charge in [0.15, 0.2) is 17.1 Å². The second-order valence-corrected chi connectivity index (χ2v) is 6.51. The molecule has 2 aromatic rings. The Bertz CT molecular complexity index is 825. The molecule has 0 aliphatic carbocycles. The Morgan fingerprint density at radius 1 is 1.25 bits per heavy atom. The van der Waals surface area contributed by atoms with Crippen LogP contribution in [0.1, 0.15) is 45.4 Å². The molecule has 0 aliphatic heterocycles. The molecule has 1 atom stereocenters. The summed E-state index contributed by atoms with van der Waals surface area (Å²) in [5.41, 5.74) is -0.716. The van der Waals surface area contributed by atoms with Crippen LogP contribution < -0.4 is 15.1 Å². The Labute approximate surface area is 163 Å². The molecule has 28 heavy (non-hydrogen) atoms. The minimum absolute atomic E-state index is 0.0967. The minimum atomic E-state index is -0.885. The second-order valence-electron chi connectivity index (χ2n) is 6.51. The van der Waals surface area contributed by atoms with Crippen molar-refractivity contribution in [2.75, 3.05) is 13.2 Å². The van der Waals surface area contributed by atoms with Crippen LogP contribution in [0.5, 0.6) is 17.2 Å². The fourth-order valence-corrected chi connectivity index (χ4v) is 2.65. The van der Waals surface area contributed by atoms with E-state index in [2.05, 4.69) is 6.92 Å². The van der Waals surface area contributed by atoms with Gasteiger partial charge in [-0.3, -0.25) is 0 Å². The molecular weight excluding hydrogens is 364 g/mol. The monoisotopic (exact) mass is 392 g/mol. The van der Waals surface area contributed by atoms with Crippen molar-refractivity contribution in [2.45, 2.75) is 51.6 Å². The van der Waals surface area contributed by atoms with Gasteiger partial charge in [-0.05, 0) is 31.1 Å². The van der Waals surface area contributed by atoms with Crippen LogP contribution in [0.4, 0.5) is 0 Å². The molecule has 2 rings (SSSR count). The maximum absolute atomic E-state index is 12.2. The predicted octanol–water partition coefficient (Wildman–Crippen LogP) is 3.48. The van der Waals surface area contributed by atoms with E-state index in [1.165, 1.54) is 19.1 Å². The molecule has 0 saturated heterocycles. The Kier molecular flexibility index (Phi) is 8.84. The Balaban J connectivity index is 2.11. The number of aromatic hydroxyl groups is 1. The molecule has 7 nitrogen and oxygen atoms in total. The molecule has 0 amide bonds. The van der Waals surface area contributed by atoms with Crippen molar-refractivity contribution in [2.24, 2.45) is 0 Å². The van der Waals surface area contributed by atoms with Gasteiger partial charge in [-0.1, -0.05) is 32.3 Å². The lowest BCUT2D eigenvalue weighted by Crippen LogP contribution is -2.16. The lowest BCUT2D eigenvalue weighted by atomic mass is 10.1. The zero-order valence-electron chi connectivity index (χ0n) is 16.1. The maximum Gasteiger partial charge on any atom is 0.383 e. The summed E-state index contributed by atoms with van der Waals surface area (Å²) in [6.07, 6.45) is 7.90. The van der Waals surface area contributed by atoms with Crippen LogP contribution in [0, 0.1) is 0 Å². The predicted molar refractivity (Wildman–Crippen MR) is 106 cm³/mol. The van der Waals surface area contributed by atoms with E-state index in [4.69, 9.17) is 19.0 Å². The van der Waals surface area contributed by atoms with Gasteiger partial charge in [0.1, 0.15) is 0 Å². The number of rotatable bonds is 12. The van der Waals surface area contributed by atoms with Gasteiger partial charge >= 0.3 is 5.63 Å². The van der Waals surface area contributed by atoms with Crippen LogP contribution in [-0.4, -0.2) is 34.6 Å². The molecule has 0 spiro atoms. The summed E-state index contributed by atoms with van der Waals surface area (Å²) in [5, 5.41) is 28.9. The van der Waals surface area contributed by atoms with Crippen molar-refractivity contribution in [3.05, 3.63) is 41.0 Å². The molecule has 1 aromatic heterocycles. The summed E-state index contributed by atoms with van der Waals surface area (Å²) in [6, 6.07) is 4.82. The first kappa shape index (κ1) is 21.8. The second kappa shape index (κ2) is 11.4. The Hall–Kier alpha value is -2.51. The number of unbranched alkanes of at least 4 members (excludes halogenated alkanes) is 4. The topological polar surface area (TPSA) is 109 Å². The number of fused-ring (bicyclic) bond motifs is 1. The number of benzene rings is 1. The van der Waals surface area contributed by atoms with E-state index in [1.54, 1.807) is 18.2 Å². The fraction of sp³-hybridized carbons (Fsp3) is 0.476. The van der Waals surface area contributed by atoms with Crippen LogP contribution in [0.25, 0.3) is 11.0 Å². The van der Waals surface area contributed by atoms with E-state index in [1.807, 2.05) is 6.08 Å². The Morgan fingerprint density at radius 2 is 2.07 bits per heavy atom. The van der Waals surface area contributed by atoms with Gasteiger partial charge in [0.2, 0.25) is 0 Å². The summed E-state index contributed by atoms with van der Waals surface area (Å²) in [4.78, 5) is 12.2. The number of hydrogen-bond acceptors (Lipinski definition) is 7. The van der Waals surface area contributed by atoms with E-state index in [0.717, 1.165) is 19.3 Å². The molecule has 0 radical (unpaired) electrons. The number of ether oxygens (including phenoxy) is 2. The zero-order chi connectivity index (χ0) is 20.4. The maximum atomic E-state index is 12.2. The lowest BCUT2D eigenvalue weighted by Gasteiger charge is -2.11. The molecule has 1 heterocycles. The highest BCUT2D eigenvalue weighted by Crippen LogP contribution is 2.35. The standard InChI is InChI=1S/C21H28O7/c1-2-3-4-5-6-7-12-27-20-18(24)16-9-8-10-17(19(16)28-21(20)25)26-13-11-15(23)14-22/h7-10,12,15,22-24H,2-6,11,13-14H2,1H3. The first-order valence-electron chi connectivity index (χ1n) is 9.60. The molecule has 0 bridgehead atoms. The third-order valence-electron chi connectivity index (χ3n) is 4.26. The molecule has 1 aromatic carbocycles. The Morgan fingerprint density at radius 3 is 2.82 bits per heavy atom. The molecule has 3 N–H and O–H groups in total. The van der Waals surface area contributed by atoms with Crippen LogP contribution in [0.15, 0.2) is 39.7 Å². The molecule has 0 fully saturated rings. The summed E-state index contributed by atoms with van der Waals surface area (Å²) in [6.45, 7) is 1.90. The third kappa shape index (κ3) is 6.00. The minimum Gasteiger partial charge on any atom is -0.504 e. The van der Waals surface area contributed by atoms with Gasteiger partial charge in [-0.15, -0.1) is 0 Å². The number of allylic oxidation sites excluding steroid dienone is 1. The summed E-state index contributed by atoms with van der Waals surface area (Å²) in [7, 11) is 0. The summed E-state index contributed by atoms with van der Waals surface area (Å²) >= 11 is 0. The molecule has 0 aliphatic rings. The number of aliphatic hydroxyl groups is 2. The van der Waals surface area contributed by atoms with Crippen molar-refractivity contribution >= 4 is 11.0 Å². The van der Waals surface area contributed by atoms with Crippen molar-refractivity contribution in [1.82, 2.24) is 0 Å². The molecule has 0 saturated carbocycles. The fourth-order valence-electron chi connectivity index (χ4n) is 2.65. The first-order valence-corrected chi connectivity index (χ1v) is 9.60. The van der Waals surface area contributed by atoms with Crippen molar-refractivity contribution in [1.29, 1.82) is 0 Å². The van der Waals surface area contributed by atoms with Crippen LogP contribution in [0.2, 0.25) is 0 Å². The highest BCUT2D eigenvalue weighted by atomic mass is 16.5. The summed E-state index contributed by atoms with van der Waals surface area (Å²) < 4.78 is 16.1. The zero-order valence-corrected chi connectivity index (χ0v) is 16.1. The third-order valence-corrected chi connectivity index (χ3v) is 4.26. The van der Waals surface area contributed by atoms with E-state index in [-0.39, 0.29) is 47.9 Å². The normalized spacial score (nSPS) is 12.5.